The maximum atomic E-state index is 3.60. The van der Waals surface area contributed by atoms with Crippen molar-refractivity contribution >= 4 is 11.3 Å². The molecule has 2 rings (SSSR count). The van der Waals surface area contributed by atoms with E-state index in [1.165, 1.54) is 37.8 Å². The number of rotatable bonds is 7. The molecule has 96 valence electrons. The average Bonchev–Trinajstić information content (AvgIpc) is 2.96. The summed E-state index contributed by atoms with van der Waals surface area (Å²) in [6, 6.07) is 2.22. The molecular weight excluding hydrogens is 228 g/mol. The first-order valence-corrected chi connectivity index (χ1v) is 7.69. The van der Waals surface area contributed by atoms with E-state index in [4.69, 9.17) is 0 Å². The third kappa shape index (κ3) is 4.78. The van der Waals surface area contributed by atoms with E-state index in [-0.39, 0.29) is 0 Å². The summed E-state index contributed by atoms with van der Waals surface area (Å²) in [6.07, 6.45) is 5.78. The molecule has 0 aliphatic heterocycles. The van der Waals surface area contributed by atoms with Crippen molar-refractivity contribution in [3.63, 3.8) is 0 Å². The van der Waals surface area contributed by atoms with Gasteiger partial charge in [-0.3, -0.25) is 0 Å². The van der Waals surface area contributed by atoms with Crippen molar-refractivity contribution in [2.75, 3.05) is 26.7 Å². The molecule has 0 amide bonds. The molecule has 1 fully saturated rings. The van der Waals surface area contributed by atoms with Gasteiger partial charge < -0.3 is 10.2 Å². The van der Waals surface area contributed by atoms with E-state index in [0.717, 1.165) is 25.6 Å². The Morgan fingerprint density at radius 2 is 2.24 bits per heavy atom. The van der Waals surface area contributed by atoms with E-state index in [0.29, 0.717) is 0 Å². The topological polar surface area (TPSA) is 15.3 Å². The van der Waals surface area contributed by atoms with E-state index in [1.807, 2.05) is 0 Å². The first-order chi connectivity index (χ1) is 8.34. The predicted octanol–water partition coefficient (Wildman–Crippen LogP) is 2.96. The molecule has 0 aromatic carbocycles. The van der Waals surface area contributed by atoms with Crippen LogP contribution in [0.5, 0.6) is 0 Å². The first-order valence-electron chi connectivity index (χ1n) is 6.75. The van der Waals surface area contributed by atoms with Crippen molar-refractivity contribution < 1.29 is 0 Å². The predicted molar refractivity (Wildman–Crippen MR) is 75.5 cm³/mol. The molecule has 1 aliphatic rings. The van der Waals surface area contributed by atoms with Gasteiger partial charge in [-0.25, -0.2) is 0 Å². The molecule has 0 radical (unpaired) electrons. The molecule has 0 unspecified atom stereocenters. The summed E-state index contributed by atoms with van der Waals surface area (Å²) in [4.78, 5) is 2.39. The highest BCUT2D eigenvalue weighted by atomic mass is 32.1. The number of thiophene rings is 1. The Balaban J connectivity index is 1.52. The summed E-state index contributed by atoms with van der Waals surface area (Å²) >= 11 is 1.78. The van der Waals surface area contributed by atoms with Gasteiger partial charge in [-0.2, -0.15) is 11.3 Å². The van der Waals surface area contributed by atoms with Crippen LogP contribution in [0.2, 0.25) is 0 Å². The van der Waals surface area contributed by atoms with Gasteiger partial charge in [-0.05, 0) is 54.7 Å². The van der Waals surface area contributed by atoms with Crippen LogP contribution in [0.1, 0.15) is 31.2 Å². The summed E-state index contributed by atoms with van der Waals surface area (Å²) in [7, 11) is 2.20. The van der Waals surface area contributed by atoms with Crippen LogP contribution in [-0.2, 0) is 6.54 Å². The van der Waals surface area contributed by atoms with Crippen molar-refractivity contribution in [2.45, 2.75) is 32.2 Å². The fourth-order valence-corrected chi connectivity index (χ4v) is 3.22. The van der Waals surface area contributed by atoms with Crippen molar-refractivity contribution in [2.24, 2.45) is 5.92 Å². The van der Waals surface area contributed by atoms with Gasteiger partial charge in [0.15, 0.2) is 0 Å². The van der Waals surface area contributed by atoms with Gasteiger partial charge in [-0.1, -0.05) is 12.8 Å². The monoisotopic (exact) mass is 252 g/mol. The Labute approximate surface area is 109 Å². The number of hydrogen-bond acceptors (Lipinski definition) is 3. The highest BCUT2D eigenvalue weighted by molar-refractivity contribution is 7.07. The second kappa shape index (κ2) is 7.14. The Morgan fingerprint density at radius 3 is 2.94 bits per heavy atom. The van der Waals surface area contributed by atoms with Gasteiger partial charge in [0.05, 0.1) is 0 Å². The number of nitrogens with one attached hydrogen (secondary N) is 1. The highest BCUT2D eigenvalue weighted by Crippen LogP contribution is 2.23. The lowest BCUT2D eigenvalue weighted by atomic mass is 10.1. The van der Waals surface area contributed by atoms with Crippen LogP contribution in [0.4, 0.5) is 0 Å². The molecular formula is C14H24N2S. The molecule has 1 saturated carbocycles. The van der Waals surface area contributed by atoms with Gasteiger partial charge in [0, 0.05) is 19.6 Å². The number of likely N-dealkylation sites (N-methyl/N-ethyl adjacent to an activating group) is 1. The van der Waals surface area contributed by atoms with Gasteiger partial charge >= 0.3 is 0 Å². The van der Waals surface area contributed by atoms with Crippen LogP contribution in [0, 0.1) is 5.92 Å². The van der Waals surface area contributed by atoms with Crippen molar-refractivity contribution in [1.29, 1.82) is 0 Å². The van der Waals surface area contributed by atoms with Crippen molar-refractivity contribution in [1.82, 2.24) is 10.2 Å². The minimum atomic E-state index is 0.956. The summed E-state index contributed by atoms with van der Waals surface area (Å²) in [5.41, 5.74) is 1.44. The minimum Gasteiger partial charge on any atom is -0.315 e. The quantitative estimate of drug-likeness (QED) is 0.751. The smallest absolute Gasteiger partial charge is 0.0239 e. The van der Waals surface area contributed by atoms with Crippen LogP contribution < -0.4 is 5.32 Å². The third-order valence-corrected chi connectivity index (χ3v) is 4.34. The molecule has 1 heterocycles. The molecule has 1 aliphatic carbocycles. The van der Waals surface area contributed by atoms with E-state index in [1.54, 1.807) is 11.3 Å². The average molecular weight is 252 g/mol. The SMILES string of the molecule is CN(CCNCC1CCCC1)Cc1ccsc1. The Hall–Kier alpha value is -0.380. The van der Waals surface area contributed by atoms with Gasteiger partial charge in [0.25, 0.3) is 0 Å². The van der Waals surface area contributed by atoms with E-state index in [9.17, 15) is 0 Å². The molecule has 1 N–H and O–H groups in total. The second-order valence-corrected chi connectivity index (χ2v) is 6.00. The minimum absolute atomic E-state index is 0.956. The van der Waals surface area contributed by atoms with E-state index >= 15 is 0 Å². The lowest BCUT2D eigenvalue weighted by molar-refractivity contribution is 0.320. The van der Waals surface area contributed by atoms with Gasteiger partial charge in [0.2, 0.25) is 0 Å². The fraction of sp³-hybridized carbons (Fsp3) is 0.714. The second-order valence-electron chi connectivity index (χ2n) is 5.22. The molecule has 0 atom stereocenters. The fourth-order valence-electron chi connectivity index (χ4n) is 2.56. The van der Waals surface area contributed by atoms with Crippen molar-refractivity contribution in [3.8, 4) is 0 Å². The zero-order valence-corrected chi connectivity index (χ0v) is 11.6. The highest BCUT2D eigenvalue weighted by Gasteiger charge is 2.13. The van der Waals surface area contributed by atoms with Crippen LogP contribution in [0.15, 0.2) is 16.8 Å². The lowest BCUT2D eigenvalue weighted by Gasteiger charge is -2.17. The number of nitrogens with zero attached hydrogens (tertiary/aromatic N) is 1. The zero-order chi connectivity index (χ0) is 11.9. The standard InChI is InChI=1S/C14H24N2S/c1-16(11-14-6-9-17-12-14)8-7-15-10-13-4-2-3-5-13/h6,9,12-13,15H,2-5,7-8,10-11H2,1H3. The third-order valence-electron chi connectivity index (χ3n) is 3.61. The van der Waals surface area contributed by atoms with Gasteiger partial charge in [-0.15, -0.1) is 0 Å². The largest absolute Gasteiger partial charge is 0.315 e. The molecule has 0 bridgehead atoms. The number of hydrogen-bond donors (Lipinski definition) is 1. The normalized spacial score (nSPS) is 17.1. The summed E-state index contributed by atoms with van der Waals surface area (Å²) < 4.78 is 0. The zero-order valence-electron chi connectivity index (χ0n) is 10.8. The molecule has 3 heteroatoms. The van der Waals surface area contributed by atoms with Crippen LogP contribution in [-0.4, -0.2) is 31.6 Å². The molecule has 0 spiro atoms. The summed E-state index contributed by atoms with van der Waals surface area (Å²) in [5.74, 6) is 0.956. The van der Waals surface area contributed by atoms with Crippen LogP contribution >= 0.6 is 11.3 Å². The maximum absolute atomic E-state index is 3.60. The maximum Gasteiger partial charge on any atom is 0.0239 e. The Bertz CT molecular complexity index is 291. The van der Waals surface area contributed by atoms with E-state index < -0.39 is 0 Å². The molecule has 2 nitrogen and oxygen atoms in total. The molecule has 1 aromatic rings. The Kier molecular flexibility index (Phi) is 5.49. The molecule has 1 aromatic heterocycles. The van der Waals surface area contributed by atoms with Crippen LogP contribution in [0.25, 0.3) is 0 Å². The van der Waals surface area contributed by atoms with E-state index in [2.05, 4.69) is 34.1 Å². The first kappa shape index (κ1) is 13.1. The molecule has 0 saturated heterocycles. The van der Waals surface area contributed by atoms with Crippen LogP contribution in [0.3, 0.4) is 0 Å². The molecule has 17 heavy (non-hydrogen) atoms. The lowest BCUT2D eigenvalue weighted by Crippen LogP contribution is -2.31. The summed E-state index contributed by atoms with van der Waals surface area (Å²) in [6.45, 7) is 4.57. The van der Waals surface area contributed by atoms with Gasteiger partial charge in [0.1, 0.15) is 0 Å². The van der Waals surface area contributed by atoms with Crippen molar-refractivity contribution in [3.05, 3.63) is 22.4 Å². The Morgan fingerprint density at radius 1 is 1.41 bits per heavy atom. The summed E-state index contributed by atoms with van der Waals surface area (Å²) in [5, 5.41) is 7.99.